The van der Waals surface area contributed by atoms with E-state index >= 15 is 0 Å². The molecule has 0 amide bonds. The molecule has 0 aliphatic heterocycles. The number of thiazole rings is 1. The Bertz CT molecular complexity index is 262. The maximum Gasteiger partial charge on any atom is 0.0794 e. The topological polar surface area (TPSA) is 24.9 Å². The Labute approximate surface area is 107 Å². The van der Waals surface area contributed by atoms with Crippen LogP contribution < -0.4 is 5.32 Å². The molecule has 0 aliphatic rings. The van der Waals surface area contributed by atoms with E-state index in [0.29, 0.717) is 6.04 Å². The molecule has 0 aromatic carbocycles. The minimum absolute atomic E-state index is 0.587. The fourth-order valence-corrected chi connectivity index (χ4v) is 3.17. The summed E-state index contributed by atoms with van der Waals surface area (Å²) in [4.78, 5) is 5.52. The Morgan fingerprint density at radius 2 is 2.31 bits per heavy atom. The maximum absolute atomic E-state index is 4.13. The van der Waals surface area contributed by atoms with E-state index in [1.54, 1.807) is 11.3 Å². The summed E-state index contributed by atoms with van der Waals surface area (Å²) in [7, 11) is 0. The first kappa shape index (κ1) is 14.0. The summed E-state index contributed by atoms with van der Waals surface area (Å²) in [6, 6.07) is 0.587. The van der Waals surface area contributed by atoms with Crippen LogP contribution >= 0.6 is 23.1 Å². The normalized spacial score (nSPS) is 14.9. The zero-order valence-electron chi connectivity index (χ0n) is 10.4. The van der Waals surface area contributed by atoms with Crippen molar-refractivity contribution in [3.05, 3.63) is 16.6 Å². The average molecular weight is 258 g/mol. The number of thioether (sulfide) groups is 1. The van der Waals surface area contributed by atoms with Gasteiger partial charge in [0.25, 0.3) is 0 Å². The first-order chi connectivity index (χ1) is 7.76. The van der Waals surface area contributed by atoms with Gasteiger partial charge in [-0.15, -0.1) is 11.3 Å². The third-order valence-electron chi connectivity index (χ3n) is 2.58. The summed E-state index contributed by atoms with van der Waals surface area (Å²) in [6.45, 7) is 7.78. The summed E-state index contributed by atoms with van der Waals surface area (Å²) in [5.74, 6) is 1.20. The lowest BCUT2D eigenvalue weighted by Crippen LogP contribution is -2.33. The molecule has 1 aromatic rings. The van der Waals surface area contributed by atoms with Crippen LogP contribution in [0.15, 0.2) is 11.7 Å². The number of nitrogens with zero attached hydrogens (tertiary/aromatic N) is 1. The van der Waals surface area contributed by atoms with Gasteiger partial charge < -0.3 is 5.32 Å². The second kappa shape index (κ2) is 8.09. The van der Waals surface area contributed by atoms with Crippen molar-refractivity contribution < 1.29 is 0 Å². The van der Waals surface area contributed by atoms with E-state index in [2.05, 4.69) is 42.8 Å². The van der Waals surface area contributed by atoms with Gasteiger partial charge in [0.1, 0.15) is 0 Å². The molecule has 92 valence electrons. The Morgan fingerprint density at radius 3 is 2.88 bits per heavy atom. The van der Waals surface area contributed by atoms with Crippen molar-refractivity contribution in [3.63, 3.8) is 0 Å². The first-order valence-corrected chi connectivity index (χ1v) is 7.91. The summed E-state index contributed by atoms with van der Waals surface area (Å²) in [5, 5.41) is 4.32. The third kappa shape index (κ3) is 5.32. The highest BCUT2D eigenvalue weighted by Crippen LogP contribution is 2.17. The van der Waals surface area contributed by atoms with Crippen molar-refractivity contribution in [2.75, 3.05) is 12.3 Å². The van der Waals surface area contributed by atoms with E-state index in [-0.39, 0.29) is 0 Å². The summed E-state index contributed by atoms with van der Waals surface area (Å²) >= 11 is 3.82. The fraction of sp³-hybridized carbons (Fsp3) is 0.750. The van der Waals surface area contributed by atoms with Gasteiger partial charge in [-0.25, -0.2) is 0 Å². The number of aromatic nitrogens is 1. The number of hydrogen-bond acceptors (Lipinski definition) is 4. The predicted octanol–water partition coefficient (Wildman–Crippen LogP) is 3.20. The second-order valence-electron chi connectivity index (χ2n) is 3.98. The van der Waals surface area contributed by atoms with Crippen molar-refractivity contribution in [1.82, 2.24) is 10.3 Å². The van der Waals surface area contributed by atoms with Crippen molar-refractivity contribution in [1.29, 1.82) is 0 Å². The van der Waals surface area contributed by atoms with Gasteiger partial charge in [-0.3, -0.25) is 4.98 Å². The Hall–Kier alpha value is -0.0600. The molecular weight excluding hydrogens is 236 g/mol. The number of hydrogen-bond donors (Lipinski definition) is 1. The van der Waals surface area contributed by atoms with Crippen LogP contribution in [-0.4, -0.2) is 28.6 Å². The standard InChI is InChI=1S/C12H22N2S2/c1-4-10(3)15-8-11(14-5-2)6-12-7-13-9-16-12/h7,9-11,14H,4-6,8H2,1-3H3. The molecule has 0 saturated heterocycles. The number of rotatable bonds is 8. The molecule has 0 fully saturated rings. The second-order valence-corrected chi connectivity index (χ2v) is 6.42. The van der Waals surface area contributed by atoms with E-state index in [1.807, 2.05) is 11.7 Å². The summed E-state index contributed by atoms with van der Waals surface area (Å²) in [6.07, 6.45) is 4.36. The van der Waals surface area contributed by atoms with Crippen molar-refractivity contribution >= 4 is 23.1 Å². The van der Waals surface area contributed by atoms with Gasteiger partial charge in [-0.05, 0) is 19.4 Å². The minimum Gasteiger partial charge on any atom is -0.313 e. The van der Waals surface area contributed by atoms with Crippen LogP contribution in [0.4, 0.5) is 0 Å². The largest absolute Gasteiger partial charge is 0.313 e. The molecular formula is C12H22N2S2. The monoisotopic (exact) mass is 258 g/mol. The van der Waals surface area contributed by atoms with Crippen molar-refractivity contribution in [2.24, 2.45) is 0 Å². The molecule has 4 heteroatoms. The van der Waals surface area contributed by atoms with E-state index in [1.165, 1.54) is 17.1 Å². The average Bonchev–Trinajstić information content (AvgIpc) is 2.78. The lowest BCUT2D eigenvalue weighted by atomic mass is 10.2. The fourth-order valence-electron chi connectivity index (χ4n) is 1.46. The van der Waals surface area contributed by atoms with Gasteiger partial charge in [0.2, 0.25) is 0 Å². The lowest BCUT2D eigenvalue weighted by Gasteiger charge is -2.18. The third-order valence-corrected chi connectivity index (χ3v) is 4.88. The van der Waals surface area contributed by atoms with Gasteiger partial charge in [0.15, 0.2) is 0 Å². The van der Waals surface area contributed by atoms with Crippen molar-refractivity contribution in [2.45, 2.75) is 44.9 Å². The van der Waals surface area contributed by atoms with Crippen LogP contribution in [0.3, 0.4) is 0 Å². The van der Waals surface area contributed by atoms with Crippen LogP contribution in [0.2, 0.25) is 0 Å². The Kier molecular flexibility index (Phi) is 7.08. The molecule has 2 atom stereocenters. The minimum atomic E-state index is 0.587. The number of nitrogens with one attached hydrogen (secondary N) is 1. The van der Waals surface area contributed by atoms with Crippen LogP contribution in [0, 0.1) is 0 Å². The predicted molar refractivity (Wildman–Crippen MR) is 75.5 cm³/mol. The van der Waals surface area contributed by atoms with Crippen molar-refractivity contribution in [3.8, 4) is 0 Å². The smallest absolute Gasteiger partial charge is 0.0794 e. The molecule has 1 aromatic heterocycles. The quantitative estimate of drug-likeness (QED) is 0.775. The molecule has 1 rings (SSSR count). The summed E-state index contributed by atoms with van der Waals surface area (Å²) < 4.78 is 0. The van der Waals surface area contributed by atoms with Gasteiger partial charge in [-0.2, -0.15) is 11.8 Å². The Balaban J connectivity index is 2.35. The zero-order chi connectivity index (χ0) is 11.8. The van der Waals surface area contributed by atoms with Gasteiger partial charge in [-0.1, -0.05) is 20.8 Å². The van der Waals surface area contributed by atoms with Crippen LogP contribution in [0.5, 0.6) is 0 Å². The zero-order valence-corrected chi connectivity index (χ0v) is 12.0. The molecule has 1 heterocycles. The maximum atomic E-state index is 4.13. The van der Waals surface area contributed by atoms with Crippen LogP contribution in [0.1, 0.15) is 32.1 Å². The number of likely N-dealkylation sites (N-methyl/N-ethyl adjacent to an activating group) is 1. The lowest BCUT2D eigenvalue weighted by molar-refractivity contribution is 0.575. The van der Waals surface area contributed by atoms with Gasteiger partial charge in [0, 0.05) is 28.1 Å². The van der Waals surface area contributed by atoms with Crippen LogP contribution in [0.25, 0.3) is 0 Å². The van der Waals surface area contributed by atoms with Gasteiger partial charge >= 0.3 is 0 Å². The Morgan fingerprint density at radius 1 is 1.50 bits per heavy atom. The molecule has 0 radical (unpaired) electrons. The molecule has 2 unspecified atom stereocenters. The molecule has 0 spiro atoms. The van der Waals surface area contributed by atoms with Crippen LogP contribution in [-0.2, 0) is 6.42 Å². The highest BCUT2D eigenvalue weighted by molar-refractivity contribution is 7.99. The molecule has 0 bridgehead atoms. The highest BCUT2D eigenvalue weighted by Gasteiger charge is 2.11. The molecule has 0 aliphatic carbocycles. The highest BCUT2D eigenvalue weighted by atomic mass is 32.2. The van der Waals surface area contributed by atoms with E-state index in [4.69, 9.17) is 0 Å². The molecule has 16 heavy (non-hydrogen) atoms. The summed E-state index contributed by atoms with van der Waals surface area (Å²) in [5.41, 5.74) is 1.92. The van der Waals surface area contributed by atoms with E-state index in [9.17, 15) is 0 Å². The molecule has 2 nitrogen and oxygen atoms in total. The van der Waals surface area contributed by atoms with Gasteiger partial charge in [0.05, 0.1) is 5.51 Å². The SMILES string of the molecule is CCNC(CSC(C)CC)Cc1cncs1. The van der Waals surface area contributed by atoms with E-state index < -0.39 is 0 Å². The first-order valence-electron chi connectivity index (χ1n) is 5.98. The molecule has 1 N–H and O–H groups in total. The van der Waals surface area contributed by atoms with E-state index in [0.717, 1.165) is 18.2 Å². The molecule has 0 saturated carbocycles.